The highest BCUT2D eigenvalue weighted by Crippen LogP contribution is 2.23. The standard InChI is InChI=1S/C23H32N4O5/c28-21-7-6-19(12-17-13-20(32-26-17)15-27-10-8-24-9-11-27)31-22(21)14-25-23(29)16-30-18-4-2-1-3-5-18/h1-5,13,19,21-22,24,28H,6-12,14-16H2,(H,25,29)/t19-,21-,22+/m0/s1. The Morgan fingerprint density at radius 3 is 2.88 bits per heavy atom. The van der Waals surface area contributed by atoms with Crippen molar-refractivity contribution in [2.75, 3.05) is 39.3 Å². The van der Waals surface area contributed by atoms with E-state index in [0.29, 0.717) is 18.6 Å². The molecule has 9 nitrogen and oxygen atoms in total. The van der Waals surface area contributed by atoms with Gasteiger partial charge in [0.25, 0.3) is 5.91 Å². The first-order chi connectivity index (χ1) is 15.7. The van der Waals surface area contributed by atoms with E-state index in [1.165, 1.54) is 0 Å². The number of hydrogen-bond acceptors (Lipinski definition) is 8. The average Bonchev–Trinajstić information content (AvgIpc) is 3.26. The third kappa shape index (κ3) is 6.77. The maximum absolute atomic E-state index is 12.1. The molecular weight excluding hydrogens is 412 g/mol. The number of nitrogens with zero attached hydrogens (tertiary/aromatic N) is 2. The summed E-state index contributed by atoms with van der Waals surface area (Å²) in [5.41, 5.74) is 0.857. The van der Waals surface area contributed by atoms with Gasteiger partial charge >= 0.3 is 0 Å². The van der Waals surface area contributed by atoms with Crippen molar-refractivity contribution >= 4 is 5.91 Å². The summed E-state index contributed by atoms with van der Waals surface area (Å²) in [5, 5.41) is 20.6. The summed E-state index contributed by atoms with van der Waals surface area (Å²) in [6.45, 7) is 4.92. The van der Waals surface area contributed by atoms with Crippen molar-refractivity contribution in [2.45, 2.75) is 44.1 Å². The highest BCUT2D eigenvalue weighted by Gasteiger charge is 2.31. The summed E-state index contributed by atoms with van der Waals surface area (Å²) in [6.07, 6.45) is 0.848. The lowest BCUT2D eigenvalue weighted by Gasteiger charge is -2.33. The molecule has 2 saturated heterocycles. The van der Waals surface area contributed by atoms with E-state index in [4.69, 9.17) is 14.0 Å². The van der Waals surface area contributed by atoms with Crippen LogP contribution in [0.4, 0.5) is 0 Å². The molecule has 0 unspecified atom stereocenters. The van der Waals surface area contributed by atoms with Gasteiger partial charge in [0, 0.05) is 45.2 Å². The van der Waals surface area contributed by atoms with Crippen LogP contribution in [0.25, 0.3) is 0 Å². The Hall–Kier alpha value is -2.46. The van der Waals surface area contributed by atoms with Crippen molar-refractivity contribution < 1.29 is 23.9 Å². The second kappa shape index (κ2) is 11.4. The van der Waals surface area contributed by atoms with E-state index in [9.17, 15) is 9.90 Å². The number of carbonyl (C=O) groups excluding carboxylic acids is 1. The van der Waals surface area contributed by atoms with Crippen molar-refractivity contribution in [1.82, 2.24) is 20.7 Å². The molecule has 2 aromatic rings. The summed E-state index contributed by atoms with van der Waals surface area (Å²) in [7, 11) is 0. The lowest BCUT2D eigenvalue weighted by molar-refractivity contribution is -0.130. The second-order valence-corrected chi connectivity index (χ2v) is 8.36. The van der Waals surface area contributed by atoms with Gasteiger partial charge in [-0.3, -0.25) is 9.69 Å². The molecule has 2 fully saturated rings. The summed E-state index contributed by atoms with van der Waals surface area (Å²) in [6, 6.07) is 11.2. The van der Waals surface area contributed by atoms with E-state index in [-0.39, 0.29) is 25.2 Å². The molecule has 1 amide bonds. The Balaban J connectivity index is 1.20. The lowest BCUT2D eigenvalue weighted by atomic mass is 9.98. The molecule has 2 aliphatic rings. The van der Waals surface area contributed by atoms with Crippen LogP contribution in [0.1, 0.15) is 24.3 Å². The van der Waals surface area contributed by atoms with Gasteiger partial charge in [-0.1, -0.05) is 23.4 Å². The Morgan fingerprint density at radius 2 is 2.06 bits per heavy atom. The molecule has 2 aliphatic heterocycles. The number of aliphatic hydroxyl groups excluding tert-OH is 1. The summed E-state index contributed by atoms with van der Waals surface area (Å²) in [5.74, 6) is 1.25. The fourth-order valence-corrected chi connectivity index (χ4v) is 4.06. The zero-order valence-electron chi connectivity index (χ0n) is 18.2. The number of para-hydroxylation sites is 1. The fourth-order valence-electron chi connectivity index (χ4n) is 4.06. The summed E-state index contributed by atoms with van der Waals surface area (Å²) < 4.78 is 17.0. The van der Waals surface area contributed by atoms with Crippen LogP contribution in [0.3, 0.4) is 0 Å². The van der Waals surface area contributed by atoms with E-state index in [1.807, 2.05) is 24.3 Å². The minimum absolute atomic E-state index is 0.0713. The van der Waals surface area contributed by atoms with Gasteiger partial charge in [-0.05, 0) is 25.0 Å². The van der Waals surface area contributed by atoms with Crippen molar-refractivity contribution in [3.8, 4) is 5.75 Å². The Bertz CT molecular complexity index is 840. The normalized spacial score (nSPS) is 24.2. The van der Waals surface area contributed by atoms with Gasteiger partial charge in [0.1, 0.15) is 11.9 Å². The second-order valence-electron chi connectivity index (χ2n) is 8.36. The fraction of sp³-hybridized carbons (Fsp3) is 0.565. The van der Waals surface area contributed by atoms with Crippen molar-refractivity contribution in [3.63, 3.8) is 0 Å². The van der Waals surface area contributed by atoms with E-state index < -0.39 is 12.2 Å². The lowest BCUT2D eigenvalue weighted by Crippen LogP contribution is -2.47. The molecule has 1 aromatic carbocycles. The molecule has 9 heteroatoms. The molecule has 174 valence electrons. The van der Waals surface area contributed by atoms with Gasteiger partial charge in [-0.15, -0.1) is 0 Å². The van der Waals surface area contributed by atoms with Crippen LogP contribution in [0.2, 0.25) is 0 Å². The first kappa shape index (κ1) is 22.7. The Morgan fingerprint density at radius 1 is 1.25 bits per heavy atom. The number of hydrogen-bond donors (Lipinski definition) is 3. The minimum Gasteiger partial charge on any atom is -0.484 e. The minimum atomic E-state index is -0.609. The van der Waals surface area contributed by atoms with E-state index in [0.717, 1.165) is 50.6 Å². The molecule has 3 N–H and O–H groups in total. The van der Waals surface area contributed by atoms with E-state index in [2.05, 4.69) is 20.7 Å². The predicted molar refractivity (Wildman–Crippen MR) is 117 cm³/mol. The number of benzene rings is 1. The number of nitrogens with one attached hydrogen (secondary N) is 2. The van der Waals surface area contributed by atoms with Gasteiger partial charge in [0.2, 0.25) is 0 Å². The van der Waals surface area contributed by atoms with Crippen LogP contribution in [0.15, 0.2) is 40.9 Å². The summed E-state index contributed by atoms with van der Waals surface area (Å²) >= 11 is 0. The van der Waals surface area contributed by atoms with Crippen LogP contribution in [-0.4, -0.2) is 78.7 Å². The molecular formula is C23H32N4O5. The van der Waals surface area contributed by atoms with Crippen molar-refractivity contribution in [2.24, 2.45) is 0 Å². The zero-order valence-corrected chi connectivity index (χ0v) is 18.2. The zero-order chi connectivity index (χ0) is 22.2. The molecule has 1 aromatic heterocycles. The van der Waals surface area contributed by atoms with Crippen LogP contribution in [-0.2, 0) is 22.5 Å². The van der Waals surface area contributed by atoms with Crippen LogP contribution in [0.5, 0.6) is 5.75 Å². The van der Waals surface area contributed by atoms with E-state index in [1.54, 1.807) is 12.1 Å². The van der Waals surface area contributed by atoms with Gasteiger partial charge in [0.15, 0.2) is 12.4 Å². The number of amides is 1. The molecule has 32 heavy (non-hydrogen) atoms. The SMILES string of the molecule is O=C(COc1ccccc1)NC[C@H]1O[C@H](Cc2cc(CN3CCNCC3)on2)CC[C@@H]1O. The smallest absolute Gasteiger partial charge is 0.258 e. The summed E-state index contributed by atoms with van der Waals surface area (Å²) in [4.78, 5) is 14.4. The van der Waals surface area contributed by atoms with Crippen molar-refractivity contribution in [1.29, 1.82) is 0 Å². The van der Waals surface area contributed by atoms with E-state index >= 15 is 0 Å². The van der Waals surface area contributed by atoms with Crippen LogP contribution < -0.4 is 15.4 Å². The molecule has 0 bridgehead atoms. The highest BCUT2D eigenvalue weighted by molar-refractivity contribution is 5.77. The Kier molecular flexibility index (Phi) is 8.11. The first-order valence-electron chi connectivity index (χ1n) is 11.3. The molecule has 4 rings (SSSR count). The number of carbonyl (C=O) groups is 1. The maximum Gasteiger partial charge on any atom is 0.258 e. The van der Waals surface area contributed by atoms with Gasteiger partial charge < -0.3 is 29.7 Å². The third-order valence-corrected chi connectivity index (χ3v) is 5.83. The van der Waals surface area contributed by atoms with Crippen LogP contribution >= 0.6 is 0 Å². The highest BCUT2D eigenvalue weighted by atomic mass is 16.5. The number of aliphatic hydroxyl groups is 1. The van der Waals surface area contributed by atoms with Gasteiger partial charge in [-0.25, -0.2) is 0 Å². The number of piperazine rings is 1. The average molecular weight is 445 g/mol. The molecule has 0 spiro atoms. The molecule has 0 radical (unpaired) electrons. The number of rotatable bonds is 9. The molecule has 3 heterocycles. The monoisotopic (exact) mass is 444 g/mol. The number of aromatic nitrogens is 1. The van der Waals surface area contributed by atoms with Gasteiger partial charge in [-0.2, -0.15) is 0 Å². The predicted octanol–water partition coefficient (Wildman–Crippen LogP) is 0.726. The topological polar surface area (TPSA) is 109 Å². The van der Waals surface area contributed by atoms with Crippen LogP contribution in [0, 0.1) is 0 Å². The molecule has 3 atom stereocenters. The molecule has 0 saturated carbocycles. The number of ether oxygens (including phenoxy) is 2. The third-order valence-electron chi connectivity index (χ3n) is 5.83. The van der Waals surface area contributed by atoms with Gasteiger partial charge in [0.05, 0.1) is 24.4 Å². The van der Waals surface area contributed by atoms with Crippen molar-refractivity contribution in [3.05, 3.63) is 47.9 Å². The Labute approximate surface area is 188 Å². The molecule has 0 aliphatic carbocycles. The quantitative estimate of drug-likeness (QED) is 0.519. The first-order valence-corrected chi connectivity index (χ1v) is 11.3. The maximum atomic E-state index is 12.1. The largest absolute Gasteiger partial charge is 0.484 e.